The number of ether oxygens (including phenoxy) is 1. The van der Waals surface area contributed by atoms with E-state index in [0.29, 0.717) is 5.75 Å². The second-order valence-corrected chi connectivity index (χ2v) is 5.71. The molecule has 0 bridgehead atoms. The van der Waals surface area contributed by atoms with Crippen molar-refractivity contribution < 1.29 is 19.4 Å². The van der Waals surface area contributed by atoms with Crippen LogP contribution >= 0.6 is 11.8 Å². The van der Waals surface area contributed by atoms with Crippen LogP contribution in [0.15, 0.2) is 0 Å². The van der Waals surface area contributed by atoms with Gasteiger partial charge >= 0.3 is 11.9 Å². The largest absolute Gasteiger partial charge is 0.480 e. The van der Waals surface area contributed by atoms with Gasteiger partial charge in [-0.25, -0.2) is 0 Å². The highest BCUT2D eigenvalue weighted by molar-refractivity contribution is 8.08. The molecule has 1 saturated heterocycles. The van der Waals surface area contributed by atoms with E-state index >= 15 is 0 Å². The molecule has 0 aliphatic carbocycles. The molecule has 4 nitrogen and oxygen atoms in total. The highest BCUT2D eigenvalue weighted by Gasteiger charge is 2.53. The lowest BCUT2D eigenvalue weighted by Gasteiger charge is -2.20. The molecule has 0 aromatic rings. The van der Waals surface area contributed by atoms with Crippen LogP contribution in [0.2, 0.25) is 0 Å². The number of aliphatic carboxylic acids is 1. The molecule has 0 aromatic carbocycles. The molecule has 1 rings (SSSR count). The van der Waals surface area contributed by atoms with Gasteiger partial charge in [-0.1, -0.05) is 0 Å². The number of carbonyl (C=O) groups excluding carboxylic acids is 1. The van der Waals surface area contributed by atoms with Crippen molar-refractivity contribution in [3.8, 4) is 0 Å². The van der Waals surface area contributed by atoms with Crippen molar-refractivity contribution in [3.05, 3.63) is 0 Å². The van der Waals surface area contributed by atoms with Crippen molar-refractivity contribution in [3.63, 3.8) is 0 Å². The summed E-state index contributed by atoms with van der Waals surface area (Å²) >= 11 is 1.28. The molecule has 5 heteroatoms. The number of carboxylic acids is 1. The van der Waals surface area contributed by atoms with Gasteiger partial charge in [0.1, 0.15) is 10.3 Å². The Labute approximate surface area is 87.0 Å². The van der Waals surface area contributed by atoms with E-state index in [2.05, 4.69) is 0 Å². The van der Waals surface area contributed by atoms with Crippen LogP contribution in [0.3, 0.4) is 0 Å². The first-order chi connectivity index (χ1) is 6.25. The van der Waals surface area contributed by atoms with Crippen molar-refractivity contribution in [2.24, 2.45) is 0 Å². The molecular formula is C9H14O4S. The van der Waals surface area contributed by atoms with Crippen LogP contribution in [0.4, 0.5) is 0 Å². The predicted molar refractivity (Wildman–Crippen MR) is 53.3 cm³/mol. The lowest BCUT2D eigenvalue weighted by atomic mass is 10.1. The summed E-state index contributed by atoms with van der Waals surface area (Å²) in [4.78, 5) is 22.1. The van der Waals surface area contributed by atoms with E-state index < -0.39 is 22.3 Å². The van der Waals surface area contributed by atoms with E-state index in [-0.39, 0.29) is 6.42 Å². The Kier molecular flexibility index (Phi) is 2.81. The molecule has 0 amide bonds. The number of carboxylic acid groups (broad SMARTS) is 1. The van der Waals surface area contributed by atoms with E-state index in [4.69, 9.17) is 9.84 Å². The summed E-state index contributed by atoms with van der Waals surface area (Å²) in [6, 6.07) is 0. The summed E-state index contributed by atoms with van der Waals surface area (Å²) in [6.07, 6.45) is -0.0374. The van der Waals surface area contributed by atoms with Crippen LogP contribution in [-0.2, 0) is 14.3 Å². The summed E-state index contributed by atoms with van der Waals surface area (Å²) in [5.41, 5.74) is -0.545. The zero-order valence-corrected chi connectivity index (χ0v) is 9.31. The first kappa shape index (κ1) is 11.4. The fourth-order valence-corrected chi connectivity index (χ4v) is 1.74. The number of carbonyl (C=O) groups is 2. The standard InChI is InChI=1S/C9H14O4S/c1-8(2,3)13-6(10)4-9(5-14-9)7(11)12/h4-5H2,1-3H3,(H,11,12)/t9-/m1/s1. The third-order valence-electron chi connectivity index (χ3n) is 1.73. The van der Waals surface area contributed by atoms with Gasteiger partial charge in [-0.05, 0) is 20.8 Å². The fourth-order valence-electron chi connectivity index (χ4n) is 0.999. The molecule has 0 aromatic heterocycles. The maximum absolute atomic E-state index is 11.3. The van der Waals surface area contributed by atoms with Gasteiger partial charge in [0, 0.05) is 5.75 Å². The third-order valence-corrected chi connectivity index (χ3v) is 3.04. The summed E-state index contributed by atoms with van der Waals surface area (Å²) in [5.74, 6) is -0.861. The molecule has 14 heavy (non-hydrogen) atoms. The Bertz CT molecular complexity index is 262. The molecule has 1 fully saturated rings. The summed E-state index contributed by atoms with van der Waals surface area (Å²) < 4.78 is 4.15. The molecule has 0 radical (unpaired) electrons. The zero-order chi connectivity index (χ0) is 11.0. The van der Waals surface area contributed by atoms with Gasteiger partial charge in [0.15, 0.2) is 0 Å². The van der Waals surface area contributed by atoms with E-state index in [1.165, 1.54) is 11.8 Å². The van der Waals surface area contributed by atoms with E-state index in [1.54, 1.807) is 20.8 Å². The summed E-state index contributed by atoms with van der Waals surface area (Å²) in [6.45, 7) is 5.29. The molecule has 1 atom stereocenters. The second kappa shape index (κ2) is 3.46. The number of esters is 1. The van der Waals surface area contributed by atoms with E-state index in [9.17, 15) is 9.59 Å². The molecule has 0 spiro atoms. The Balaban J connectivity index is 2.46. The fraction of sp³-hybridized carbons (Fsp3) is 0.778. The smallest absolute Gasteiger partial charge is 0.321 e. The normalized spacial score (nSPS) is 25.6. The quantitative estimate of drug-likeness (QED) is 0.571. The predicted octanol–water partition coefficient (Wildman–Crippen LogP) is 1.29. The summed E-state index contributed by atoms with van der Waals surface area (Å²) in [5, 5.41) is 8.82. The van der Waals surface area contributed by atoms with Gasteiger partial charge in [-0.15, -0.1) is 11.8 Å². The van der Waals surface area contributed by atoms with E-state index in [1.807, 2.05) is 0 Å². The van der Waals surface area contributed by atoms with Crippen LogP contribution in [0.1, 0.15) is 27.2 Å². The van der Waals surface area contributed by atoms with E-state index in [0.717, 1.165) is 0 Å². The maximum Gasteiger partial charge on any atom is 0.321 e. The monoisotopic (exact) mass is 218 g/mol. The highest BCUT2D eigenvalue weighted by Crippen LogP contribution is 2.48. The minimum atomic E-state index is -0.923. The zero-order valence-electron chi connectivity index (χ0n) is 8.49. The van der Waals surface area contributed by atoms with Crippen LogP contribution in [-0.4, -0.2) is 33.1 Å². The highest BCUT2D eigenvalue weighted by atomic mass is 32.2. The van der Waals surface area contributed by atoms with Crippen LogP contribution in [0.5, 0.6) is 0 Å². The molecule has 1 aliphatic heterocycles. The molecule has 80 valence electrons. The van der Waals surface area contributed by atoms with Crippen LogP contribution in [0.25, 0.3) is 0 Å². The molecule has 1 aliphatic rings. The van der Waals surface area contributed by atoms with Gasteiger partial charge in [0.25, 0.3) is 0 Å². The minimum Gasteiger partial charge on any atom is -0.480 e. The van der Waals surface area contributed by atoms with Crippen molar-refractivity contribution in [1.82, 2.24) is 0 Å². The first-order valence-electron chi connectivity index (χ1n) is 4.34. The first-order valence-corrected chi connectivity index (χ1v) is 5.33. The number of thioether (sulfide) groups is 1. The Morgan fingerprint density at radius 1 is 1.50 bits per heavy atom. The lowest BCUT2D eigenvalue weighted by molar-refractivity contribution is -0.157. The molecule has 0 unspecified atom stereocenters. The van der Waals surface area contributed by atoms with Crippen molar-refractivity contribution >= 4 is 23.7 Å². The van der Waals surface area contributed by atoms with Crippen LogP contribution in [0, 0.1) is 0 Å². The molecule has 1 N–H and O–H groups in total. The number of hydrogen-bond donors (Lipinski definition) is 1. The number of rotatable bonds is 3. The van der Waals surface area contributed by atoms with Crippen molar-refractivity contribution in [1.29, 1.82) is 0 Å². The average Bonchev–Trinajstić information content (AvgIpc) is 2.63. The van der Waals surface area contributed by atoms with Crippen LogP contribution < -0.4 is 0 Å². The third kappa shape index (κ3) is 2.90. The Morgan fingerprint density at radius 3 is 2.29 bits per heavy atom. The average molecular weight is 218 g/mol. The topological polar surface area (TPSA) is 63.6 Å². The minimum absolute atomic E-state index is 0.0374. The van der Waals surface area contributed by atoms with Gasteiger partial charge < -0.3 is 9.84 Å². The van der Waals surface area contributed by atoms with Gasteiger partial charge in [-0.3, -0.25) is 9.59 Å². The summed E-state index contributed by atoms with van der Waals surface area (Å²) in [7, 11) is 0. The second-order valence-electron chi connectivity index (χ2n) is 4.35. The molecule has 1 heterocycles. The van der Waals surface area contributed by atoms with Gasteiger partial charge in [-0.2, -0.15) is 0 Å². The van der Waals surface area contributed by atoms with Crippen molar-refractivity contribution in [2.75, 3.05) is 5.75 Å². The van der Waals surface area contributed by atoms with Gasteiger partial charge in [0.05, 0.1) is 6.42 Å². The Hall–Kier alpha value is -0.710. The molecule has 0 saturated carbocycles. The van der Waals surface area contributed by atoms with Gasteiger partial charge in [0.2, 0.25) is 0 Å². The Morgan fingerprint density at radius 2 is 2.00 bits per heavy atom. The van der Waals surface area contributed by atoms with Crippen molar-refractivity contribution in [2.45, 2.75) is 37.5 Å². The SMILES string of the molecule is CC(C)(C)OC(=O)C[C@]1(C(=O)O)CS1. The molecular weight excluding hydrogens is 204 g/mol. The maximum atomic E-state index is 11.3. The number of hydrogen-bond acceptors (Lipinski definition) is 4. The lowest BCUT2D eigenvalue weighted by Crippen LogP contribution is -2.31.